The van der Waals surface area contributed by atoms with Crippen LogP contribution < -0.4 is 10.1 Å². The van der Waals surface area contributed by atoms with Gasteiger partial charge in [-0.05, 0) is 26.5 Å². The van der Waals surface area contributed by atoms with Crippen LogP contribution in [0.4, 0.5) is 0 Å². The van der Waals surface area contributed by atoms with Crippen LogP contribution in [0.5, 0.6) is 5.75 Å². The Morgan fingerprint density at radius 1 is 1.37 bits per heavy atom. The van der Waals surface area contributed by atoms with Crippen molar-refractivity contribution in [2.24, 2.45) is 0 Å². The molecule has 1 N–H and O–H groups in total. The number of nitrogens with zero attached hydrogens (tertiary/aromatic N) is 2. The normalized spacial score (nSPS) is 12.4. The number of hydrogen-bond acceptors (Lipinski definition) is 5. The number of ether oxygens (including phenoxy) is 1. The highest BCUT2D eigenvalue weighted by Gasteiger charge is 2.13. The predicted molar refractivity (Wildman–Crippen MR) is 71.9 cm³/mol. The Hall–Kier alpha value is -1.88. The van der Waals surface area contributed by atoms with E-state index in [0.717, 1.165) is 17.7 Å². The molecule has 0 aliphatic carbocycles. The van der Waals surface area contributed by atoms with Crippen LogP contribution >= 0.6 is 0 Å². The van der Waals surface area contributed by atoms with Crippen molar-refractivity contribution >= 4 is 0 Å². The Bertz CT molecular complexity index is 521. The number of rotatable bonds is 6. The van der Waals surface area contributed by atoms with Crippen LogP contribution in [0.2, 0.25) is 0 Å². The quantitative estimate of drug-likeness (QED) is 0.866. The maximum absolute atomic E-state index is 5.78. The second kappa shape index (κ2) is 6.33. The van der Waals surface area contributed by atoms with Gasteiger partial charge in [-0.3, -0.25) is 0 Å². The molecule has 1 heterocycles. The monoisotopic (exact) mass is 261 g/mol. The minimum atomic E-state index is 0.278. The highest BCUT2D eigenvalue weighted by molar-refractivity contribution is 5.35. The summed E-state index contributed by atoms with van der Waals surface area (Å²) < 4.78 is 10.8. The number of aromatic nitrogens is 2. The van der Waals surface area contributed by atoms with Crippen molar-refractivity contribution in [2.45, 2.75) is 32.9 Å². The van der Waals surface area contributed by atoms with E-state index in [1.807, 2.05) is 25.2 Å². The van der Waals surface area contributed by atoms with Gasteiger partial charge in [-0.25, -0.2) is 0 Å². The van der Waals surface area contributed by atoms with Crippen LogP contribution in [0.3, 0.4) is 0 Å². The highest BCUT2D eigenvalue weighted by atomic mass is 16.5. The van der Waals surface area contributed by atoms with E-state index in [2.05, 4.69) is 28.4 Å². The van der Waals surface area contributed by atoms with Crippen LogP contribution in [0.25, 0.3) is 0 Å². The Labute approximate surface area is 113 Å². The van der Waals surface area contributed by atoms with Gasteiger partial charge >= 0.3 is 0 Å². The SMILES string of the molecule is CCC(NC)c1ccccc1OCc1nc(C)no1. The lowest BCUT2D eigenvalue weighted by Gasteiger charge is -2.18. The average Bonchev–Trinajstić information content (AvgIpc) is 2.85. The minimum absolute atomic E-state index is 0.278. The van der Waals surface area contributed by atoms with E-state index in [1.165, 1.54) is 0 Å². The molecule has 1 unspecified atom stereocenters. The summed E-state index contributed by atoms with van der Waals surface area (Å²) in [4.78, 5) is 4.12. The molecule has 0 saturated carbocycles. The van der Waals surface area contributed by atoms with Crippen molar-refractivity contribution in [3.05, 3.63) is 41.5 Å². The van der Waals surface area contributed by atoms with Crippen molar-refractivity contribution in [1.82, 2.24) is 15.5 Å². The maximum atomic E-state index is 5.78. The van der Waals surface area contributed by atoms with Gasteiger partial charge in [0.1, 0.15) is 5.75 Å². The lowest BCUT2D eigenvalue weighted by Crippen LogP contribution is -2.16. The van der Waals surface area contributed by atoms with Crippen LogP contribution in [-0.4, -0.2) is 17.2 Å². The van der Waals surface area contributed by atoms with E-state index < -0.39 is 0 Å². The van der Waals surface area contributed by atoms with Crippen LogP contribution in [0.1, 0.15) is 36.7 Å². The number of hydrogen-bond donors (Lipinski definition) is 1. The van der Waals surface area contributed by atoms with Crippen LogP contribution in [0, 0.1) is 6.92 Å². The first-order valence-electron chi connectivity index (χ1n) is 6.42. The molecule has 102 valence electrons. The van der Waals surface area contributed by atoms with Crippen molar-refractivity contribution < 1.29 is 9.26 Å². The van der Waals surface area contributed by atoms with Crippen LogP contribution in [0.15, 0.2) is 28.8 Å². The van der Waals surface area contributed by atoms with E-state index >= 15 is 0 Å². The molecule has 0 amide bonds. The maximum Gasteiger partial charge on any atom is 0.264 e. The van der Waals surface area contributed by atoms with Gasteiger partial charge in [0.15, 0.2) is 12.4 Å². The lowest BCUT2D eigenvalue weighted by atomic mass is 10.0. The summed E-state index contributed by atoms with van der Waals surface area (Å²) in [5.74, 6) is 1.96. The van der Waals surface area contributed by atoms with Gasteiger partial charge in [0.05, 0.1) is 0 Å². The summed E-state index contributed by atoms with van der Waals surface area (Å²) in [5.41, 5.74) is 1.14. The molecule has 0 bridgehead atoms. The van der Waals surface area contributed by atoms with Crippen molar-refractivity contribution in [1.29, 1.82) is 0 Å². The first kappa shape index (κ1) is 13.5. The summed E-state index contributed by atoms with van der Waals surface area (Å²) >= 11 is 0. The molecule has 5 heteroatoms. The summed E-state index contributed by atoms with van der Waals surface area (Å²) in [6.07, 6.45) is 0.997. The summed E-state index contributed by atoms with van der Waals surface area (Å²) in [6.45, 7) is 4.21. The third-order valence-electron chi connectivity index (χ3n) is 2.97. The number of para-hydroxylation sites is 1. The second-order valence-corrected chi connectivity index (χ2v) is 4.31. The molecule has 19 heavy (non-hydrogen) atoms. The van der Waals surface area contributed by atoms with Crippen LogP contribution in [-0.2, 0) is 6.61 Å². The third-order valence-corrected chi connectivity index (χ3v) is 2.97. The zero-order valence-electron chi connectivity index (χ0n) is 11.5. The third kappa shape index (κ3) is 3.32. The topological polar surface area (TPSA) is 60.2 Å². The number of aryl methyl sites for hydroxylation is 1. The van der Waals surface area contributed by atoms with Gasteiger partial charge in [-0.15, -0.1) is 0 Å². The van der Waals surface area contributed by atoms with Gasteiger partial charge in [0, 0.05) is 11.6 Å². The molecule has 2 aromatic rings. The van der Waals surface area contributed by atoms with Gasteiger partial charge in [-0.1, -0.05) is 30.3 Å². The molecular formula is C14H19N3O2. The fraction of sp³-hybridized carbons (Fsp3) is 0.429. The van der Waals surface area contributed by atoms with Crippen molar-refractivity contribution in [2.75, 3.05) is 7.05 Å². The molecule has 0 fully saturated rings. The molecule has 5 nitrogen and oxygen atoms in total. The molecule has 1 aromatic heterocycles. The Morgan fingerprint density at radius 3 is 2.79 bits per heavy atom. The van der Waals surface area contributed by atoms with Crippen molar-refractivity contribution in [3.8, 4) is 5.75 Å². The van der Waals surface area contributed by atoms with Crippen molar-refractivity contribution in [3.63, 3.8) is 0 Å². The minimum Gasteiger partial charge on any atom is -0.483 e. The Kier molecular flexibility index (Phi) is 4.52. The van der Waals surface area contributed by atoms with E-state index in [-0.39, 0.29) is 12.6 Å². The smallest absolute Gasteiger partial charge is 0.264 e. The summed E-state index contributed by atoms with van der Waals surface area (Å²) in [7, 11) is 1.95. The number of benzene rings is 1. The van der Waals surface area contributed by atoms with Gasteiger partial charge in [0.25, 0.3) is 5.89 Å². The van der Waals surface area contributed by atoms with Gasteiger partial charge in [0.2, 0.25) is 0 Å². The molecular weight excluding hydrogens is 242 g/mol. The molecule has 0 spiro atoms. The lowest BCUT2D eigenvalue weighted by molar-refractivity contribution is 0.239. The molecule has 0 aliphatic rings. The van der Waals surface area contributed by atoms with E-state index in [0.29, 0.717) is 11.7 Å². The highest BCUT2D eigenvalue weighted by Crippen LogP contribution is 2.27. The predicted octanol–water partition coefficient (Wildman–Crippen LogP) is 2.63. The fourth-order valence-corrected chi connectivity index (χ4v) is 2.02. The first-order chi connectivity index (χ1) is 9.24. The van der Waals surface area contributed by atoms with E-state index in [1.54, 1.807) is 6.92 Å². The van der Waals surface area contributed by atoms with Gasteiger partial charge < -0.3 is 14.6 Å². The van der Waals surface area contributed by atoms with E-state index in [9.17, 15) is 0 Å². The molecule has 1 aromatic carbocycles. The number of nitrogens with one attached hydrogen (secondary N) is 1. The zero-order chi connectivity index (χ0) is 13.7. The molecule has 0 saturated heterocycles. The summed E-state index contributed by atoms with van der Waals surface area (Å²) in [6, 6.07) is 8.28. The molecule has 0 radical (unpaired) electrons. The summed E-state index contributed by atoms with van der Waals surface area (Å²) in [5, 5.41) is 7.02. The Morgan fingerprint density at radius 2 is 2.16 bits per heavy atom. The zero-order valence-corrected chi connectivity index (χ0v) is 11.5. The Balaban J connectivity index is 2.11. The molecule has 0 aliphatic heterocycles. The fourth-order valence-electron chi connectivity index (χ4n) is 2.02. The van der Waals surface area contributed by atoms with E-state index in [4.69, 9.17) is 9.26 Å². The largest absolute Gasteiger partial charge is 0.483 e. The molecule has 2 rings (SSSR count). The average molecular weight is 261 g/mol. The molecule has 1 atom stereocenters. The standard InChI is InChI=1S/C14H19N3O2/c1-4-12(15-3)11-7-5-6-8-13(11)18-9-14-16-10(2)17-19-14/h5-8,12,15H,4,9H2,1-3H3. The second-order valence-electron chi connectivity index (χ2n) is 4.31. The van der Waals surface area contributed by atoms with Gasteiger partial charge in [-0.2, -0.15) is 4.98 Å². The first-order valence-corrected chi connectivity index (χ1v) is 6.42.